The maximum absolute atomic E-state index is 13.2. The van der Waals surface area contributed by atoms with E-state index in [1.54, 1.807) is 13.0 Å². The first-order valence-electron chi connectivity index (χ1n) is 8.06. The molecule has 0 aliphatic carbocycles. The number of carbonyl (C=O) groups excluding carboxylic acids is 1. The second-order valence-corrected chi connectivity index (χ2v) is 5.73. The van der Waals surface area contributed by atoms with Gasteiger partial charge in [0.25, 0.3) is 5.56 Å². The van der Waals surface area contributed by atoms with E-state index in [-0.39, 0.29) is 17.9 Å². The lowest BCUT2D eigenvalue weighted by Crippen LogP contribution is -2.30. The van der Waals surface area contributed by atoms with E-state index in [0.29, 0.717) is 29.3 Å². The summed E-state index contributed by atoms with van der Waals surface area (Å²) in [5.41, 5.74) is 0.782. The van der Waals surface area contributed by atoms with Crippen molar-refractivity contribution in [3.8, 4) is 11.4 Å². The second-order valence-electron chi connectivity index (χ2n) is 5.73. The molecule has 0 aliphatic heterocycles. The van der Waals surface area contributed by atoms with E-state index in [0.717, 1.165) is 0 Å². The average Bonchev–Trinajstić information content (AvgIpc) is 3.02. The summed E-state index contributed by atoms with van der Waals surface area (Å²) >= 11 is 0. The number of aryl methyl sites for hydroxylation is 2. The van der Waals surface area contributed by atoms with Crippen molar-refractivity contribution in [3.63, 3.8) is 0 Å². The molecule has 0 bridgehead atoms. The van der Waals surface area contributed by atoms with Crippen LogP contribution in [-0.2, 0) is 17.8 Å². The van der Waals surface area contributed by atoms with Crippen molar-refractivity contribution in [1.29, 1.82) is 0 Å². The molecule has 1 amide bonds. The highest BCUT2D eigenvalue weighted by Gasteiger charge is 2.15. The van der Waals surface area contributed by atoms with Gasteiger partial charge in [-0.05, 0) is 37.6 Å². The lowest BCUT2D eigenvalue weighted by molar-refractivity contribution is -0.116. The molecule has 7 nitrogen and oxygen atoms in total. The van der Waals surface area contributed by atoms with Crippen molar-refractivity contribution in [2.24, 2.45) is 0 Å². The number of nitrogens with zero attached hydrogens (tertiary/aromatic N) is 3. The summed E-state index contributed by atoms with van der Waals surface area (Å²) in [5, 5.41) is 6.25. The van der Waals surface area contributed by atoms with E-state index >= 15 is 0 Å². The summed E-state index contributed by atoms with van der Waals surface area (Å²) < 4.78 is 19.4. The van der Waals surface area contributed by atoms with Crippen molar-refractivity contribution in [2.45, 2.75) is 26.8 Å². The van der Waals surface area contributed by atoms with Gasteiger partial charge >= 0.3 is 0 Å². The first kappa shape index (κ1) is 17.5. The van der Waals surface area contributed by atoms with E-state index < -0.39 is 11.7 Å². The Morgan fingerprint density at radius 2 is 2.00 bits per heavy atom. The molecular weight excluding hydrogens is 339 g/mol. The van der Waals surface area contributed by atoms with Crippen LogP contribution in [0.2, 0.25) is 0 Å². The molecule has 26 heavy (non-hydrogen) atoms. The molecule has 2 aromatic heterocycles. The summed E-state index contributed by atoms with van der Waals surface area (Å²) in [6, 6.07) is 8.56. The molecule has 0 atom stereocenters. The predicted octanol–water partition coefficient (Wildman–Crippen LogP) is 2.55. The Morgan fingerprint density at radius 1 is 1.27 bits per heavy atom. The third kappa shape index (κ3) is 3.85. The Hall–Kier alpha value is -3.29. The monoisotopic (exact) mass is 356 g/mol. The van der Waals surface area contributed by atoms with Gasteiger partial charge in [0.15, 0.2) is 5.82 Å². The summed E-state index contributed by atoms with van der Waals surface area (Å²) in [5.74, 6) is 0.282. The Bertz CT molecular complexity index is 992. The van der Waals surface area contributed by atoms with Crippen LogP contribution in [-0.4, -0.2) is 20.6 Å². The number of rotatable bonds is 5. The van der Waals surface area contributed by atoms with Gasteiger partial charge in [-0.25, -0.2) is 9.37 Å². The quantitative estimate of drug-likeness (QED) is 0.759. The lowest BCUT2D eigenvalue weighted by atomic mass is 10.2. The highest BCUT2D eigenvalue weighted by atomic mass is 19.1. The van der Waals surface area contributed by atoms with Crippen molar-refractivity contribution < 1.29 is 13.7 Å². The zero-order valence-electron chi connectivity index (χ0n) is 14.3. The molecular formula is C18H17FN4O3. The van der Waals surface area contributed by atoms with E-state index in [1.807, 2.05) is 6.92 Å². The number of hydrogen-bond acceptors (Lipinski definition) is 5. The number of aromatic nitrogens is 3. The van der Waals surface area contributed by atoms with Crippen LogP contribution in [0.15, 0.2) is 45.7 Å². The van der Waals surface area contributed by atoms with Crippen LogP contribution in [0.1, 0.15) is 18.4 Å². The van der Waals surface area contributed by atoms with Crippen LogP contribution >= 0.6 is 0 Å². The van der Waals surface area contributed by atoms with Crippen LogP contribution < -0.4 is 10.9 Å². The maximum Gasteiger partial charge on any atom is 0.254 e. The number of nitrogens with one attached hydrogen (secondary N) is 1. The SMILES string of the molecule is CCc1cc(=O)n(CC(=O)Nc2cc(C)on2)c(-c2ccc(F)cc2)n1. The number of amides is 1. The van der Waals surface area contributed by atoms with Crippen molar-refractivity contribution in [2.75, 3.05) is 5.32 Å². The zero-order chi connectivity index (χ0) is 18.7. The standard InChI is InChI=1S/C18H17FN4O3/c1-3-14-9-17(25)23(10-16(24)21-15-8-11(2)26-22-15)18(20-14)12-4-6-13(19)7-5-12/h4-9H,3,10H2,1-2H3,(H,21,22,24). The molecule has 0 unspecified atom stereocenters. The fraction of sp³-hybridized carbons (Fsp3) is 0.222. The number of benzene rings is 1. The molecule has 8 heteroatoms. The van der Waals surface area contributed by atoms with Crippen molar-refractivity contribution >= 4 is 11.7 Å². The van der Waals surface area contributed by atoms with Gasteiger partial charge in [-0.3, -0.25) is 14.2 Å². The van der Waals surface area contributed by atoms with E-state index in [2.05, 4.69) is 15.5 Å². The maximum atomic E-state index is 13.2. The van der Waals surface area contributed by atoms with Crippen LogP contribution in [0.3, 0.4) is 0 Å². The summed E-state index contributed by atoms with van der Waals surface area (Å²) in [4.78, 5) is 29.2. The largest absolute Gasteiger partial charge is 0.360 e. The van der Waals surface area contributed by atoms with Gasteiger partial charge in [0.05, 0.1) is 0 Å². The first-order valence-corrected chi connectivity index (χ1v) is 8.06. The fourth-order valence-corrected chi connectivity index (χ4v) is 2.46. The molecule has 2 heterocycles. The van der Waals surface area contributed by atoms with E-state index in [9.17, 15) is 14.0 Å². The molecule has 1 aromatic carbocycles. The van der Waals surface area contributed by atoms with Crippen molar-refractivity contribution in [3.05, 3.63) is 64.0 Å². The van der Waals surface area contributed by atoms with Gasteiger partial charge in [-0.2, -0.15) is 0 Å². The third-order valence-electron chi connectivity index (χ3n) is 3.72. The van der Waals surface area contributed by atoms with Gasteiger partial charge in [0.1, 0.15) is 23.9 Å². The molecule has 3 aromatic rings. The highest BCUT2D eigenvalue weighted by molar-refractivity contribution is 5.89. The van der Waals surface area contributed by atoms with E-state index in [1.165, 1.54) is 34.9 Å². The summed E-state index contributed by atoms with van der Waals surface area (Å²) in [7, 11) is 0. The topological polar surface area (TPSA) is 90.0 Å². The average molecular weight is 356 g/mol. The van der Waals surface area contributed by atoms with Gasteiger partial charge in [0.2, 0.25) is 5.91 Å². The zero-order valence-corrected chi connectivity index (χ0v) is 14.3. The number of hydrogen-bond donors (Lipinski definition) is 1. The van der Waals surface area contributed by atoms with Gasteiger partial charge in [-0.15, -0.1) is 0 Å². The molecule has 0 fully saturated rings. The number of anilines is 1. The molecule has 1 N–H and O–H groups in total. The molecule has 3 rings (SSSR count). The van der Waals surface area contributed by atoms with Gasteiger partial charge in [0, 0.05) is 23.4 Å². The Labute approximate surface area is 148 Å². The molecule has 0 aliphatic rings. The summed E-state index contributed by atoms with van der Waals surface area (Å²) in [6.45, 7) is 3.32. The van der Waals surface area contributed by atoms with Crippen LogP contribution in [0.25, 0.3) is 11.4 Å². The normalized spacial score (nSPS) is 10.7. The molecule has 0 saturated heterocycles. The minimum absolute atomic E-state index is 0.256. The van der Waals surface area contributed by atoms with Crippen molar-refractivity contribution in [1.82, 2.24) is 14.7 Å². The number of halogens is 1. The fourth-order valence-electron chi connectivity index (χ4n) is 2.46. The van der Waals surface area contributed by atoms with Gasteiger partial charge < -0.3 is 9.84 Å². The van der Waals surface area contributed by atoms with Crippen LogP contribution in [0.4, 0.5) is 10.2 Å². The van der Waals surface area contributed by atoms with Gasteiger partial charge in [-0.1, -0.05) is 12.1 Å². The van der Waals surface area contributed by atoms with Crippen LogP contribution in [0, 0.1) is 12.7 Å². The third-order valence-corrected chi connectivity index (χ3v) is 3.72. The minimum Gasteiger partial charge on any atom is -0.360 e. The summed E-state index contributed by atoms with van der Waals surface area (Å²) in [6.07, 6.45) is 0.564. The van der Waals surface area contributed by atoms with E-state index in [4.69, 9.17) is 4.52 Å². The first-order chi connectivity index (χ1) is 12.5. The smallest absolute Gasteiger partial charge is 0.254 e. The Balaban J connectivity index is 1.95. The highest BCUT2D eigenvalue weighted by Crippen LogP contribution is 2.17. The van der Waals surface area contributed by atoms with Crippen LogP contribution in [0.5, 0.6) is 0 Å². The Morgan fingerprint density at radius 3 is 2.62 bits per heavy atom. The second kappa shape index (κ2) is 7.30. The molecule has 134 valence electrons. The molecule has 0 spiro atoms. The minimum atomic E-state index is -0.449. The number of carbonyl (C=O) groups is 1. The molecule has 0 saturated carbocycles. The molecule has 0 radical (unpaired) electrons. The lowest BCUT2D eigenvalue weighted by Gasteiger charge is -2.13. The predicted molar refractivity (Wildman–Crippen MR) is 93.1 cm³/mol. The Kier molecular flexibility index (Phi) is 4.92.